The summed E-state index contributed by atoms with van der Waals surface area (Å²) in [5, 5.41) is 0. The molecule has 0 bridgehead atoms. The van der Waals surface area contributed by atoms with Crippen LogP contribution in [0.5, 0.6) is 0 Å². The van der Waals surface area contributed by atoms with Gasteiger partial charge in [0.05, 0.1) is 0 Å². The van der Waals surface area contributed by atoms with Gasteiger partial charge in [-0.3, -0.25) is 0 Å². The highest BCUT2D eigenvalue weighted by Crippen LogP contribution is 2.53. The van der Waals surface area contributed by atoms with Crippen LogP contribution in [0.1, 0.15) is 23.1 Å². The van der Waals surface area contributed by atoms with Gasteiger partial charge in [0.1, 0.15) is 0 Å². The number of allylic oxidation sites excluding steroid dienone is 4. The Morgan fingerprint density at radius 1 is 0.594 bits per heavy atom. The van der Waals surface area contributed by atoms with Crippen molar-refractivity contribution < 1.29 is 0 Å². The molecule has 0 spiro atoms. The molecule has 0 saturated carbocycles. The van der Waals surface area contributed by atoms with Crippen LogP contribution in [0.15, 0.2) is 127 Å². The van der Waals surface area contributed by atoms with E-state index in [1.54, 1.807) is 6.08 Å². The fourth-order valence-electron chi connectivity index (χ4n) is 5.08. The van der Waals surface area contributed by atoms with Crippen molar-refractivity contribution in [3.8, 4) is 34.6 Å². The highest BCUT2D eigenvalue weighted by molar-refractivity contribution is 5.91. The molecule has 5 rings (SSSR count). The van der Waals surface area contributed by atoms with Crippen LogP contribution >= 0.6 is 0 Å². The van der Waals surface area contributed by atoms with Crippen LogP contribution in [-0.2, 0) is 5.41 Å². The number of rotatable bonds is 4. The second kappa shape index (κ2) is 8.58. The smallest absolute Gasteiger partial charge is 0.0498 e. The van der Waals surface area contributed by atoms with Crippen LogP contribution in [-0.4, -0.2) is 0 Å². The van der Waals surface area contributed by atoms with E-state index in [0.29, 0.717) is 0 Å². The van der Waals surface area contributed by atoms with Gasteiger partial charge in [-0.05, 0) is 51.4 Å². The second-order valence-corrected chi connectivity index (χ2v) is 8.07. The van der Waals surface area contributed by atoms with Gasteiger partial charge >= 0.3 is 0 Å². The van der Waals surface area contributed by atoms with E-state index in [4.69, 9.17) is 6.42 Å². The molecule has 0 saturated heterocycles. The summed E-state index contributed by atoms with van der Waals surface area (Å²) in [6.45, 7) is 0. The van der Waals surface area contributed by atoms with Gasteiger partial charge in [-0.25, -0.2) is 0 Å². The minimum atomic E-state index is -0.325. The zero-order valence-corrected chi connectivity index (χ0v) is 17.9. The third kappa shape index (κ3) is 3.20. The van der Waals surface area contributed by atoms with Crippen molar-refractivity contribution in [1.29, 1.82) is 0 Å². The quantitative estimate of drug-likeness (QED) is 0.239. The van der Waals surface area contributed by atoms with Crippen LogP contribution in [0, 0.1) is 12.3 Å². The molecule has 0 heterocycles. The first-order valence-corrected chi connectivity index (χ1v) is 11.0. The van der Waals surface area contributed by atoms with E-state index in [2.05, 4.69) is 121 Å². The maximum Gasteiger partial charge on any atom is 0.0498 e. The first-order chi connectivity index (χ1) is 15.9. The summed E-state index contributed by atoms with van der Waals surface area (Å²) in [7, 11) is 0. The van der Waals surface area contributed by atoms with E-state index in [1.165, 1.54) is 38.9 Å². The molecule has 0 N–H and O–H groups in total. The SMILES string of the molecule is C#C/C=C\C=C/CC1(c2ccccc2)c2ccccc2-c2ccccc2-c2ccccc21. The Balaban J connectivity index is 1.89. The summed E-state index contributed by atoms with van der Waals surface area (Å²) < 4.78 is 0. The van der Waals surface area contributed by atoms with Gasteiger partial charge < -0.3 is 0 Å². The molecule has 0 unspecified atom stereocenters. The lowest BCUT2D eigenvalue weighted by Crippen LogP contribution is -2.29. The number of hydrogen-bond donors (Lipinski definition) is 0. The zero-order chi connectivity index (χ0) is 21.8. The van der Waals surface area contributed by atoms with E-state index in [-0.39, 0.29) is 5.41 Å². The molecule has 0 amide bonds. The van der Waals surface area contributed by atoms with Gasteiger partial charge in [0, 0.05) is 5.41 Å². The molecule has 1 aliphatic carbocycles. The topological polar surface area (TPSA) is 0 Å². The van der Waals surface area contributed by atoms with Gasteiger partial charge in [0.2, 0.25) is 0 Å². The summed E-state index contributed by atoms with van der Waals surface area (Å²) in [5.41, 5.74) is 8.76. The van der Waals surface area contributed by atoms with Crippen molar-refractivity contribution in [2.24, 2.45) is 0 Å². The van der Waals surface area contributed by atoms with Gasteiger partial charge in [0.25, 0.3) is 0 Å². The molecule has 4 aromatic rings. The lowest BCUT2D eigenvalue weighted by Gasteiger charge is -2.36. The van der Waals surface area contributed by atoms with E-state index >= 15 is 0 Å². The number of terminal acetylenes is 1. The van der Waals surface area contributed by atoms with Crippen LogP contribution in [0.25, 0.3) is 22.3 Å². The summed E-state index contributed by atoms with van der Waals surface area (Å²) in [6.07, 6.45) is 14.2. The minimum absolute atomic E-state index is 0.325. The lowest BCUT2D eigenvalue weighted by atomic mass is 9.65. The largest absolute Gasteiger partial charge is 0.115 e. The van der Waals surface area contributed by atoms with Crippen molar-refractivity contribution in [3.05, 3.63) is 144 Å². The Labute approximate surface area is 190 Å². The molecule has 0 nitrogen and oxygen atoms in total. The molecule has 0 fully saturated rings. The molecule has 152 valence electrons. The monoisotopic (exact) mass is 408 g/mol. The number of fused-ring (bicyclic) bond motifs is 5. The zero-order valence-electron chi connectivity index (χ0n) is 17.9. The maximum atomic E-state index is 5.40. The Morgan fingerprint density at radius 3 is 1.66 bits per heavy atom. The van der Waals surface area contributed by atoms with Crippen LogP contribution in [0.2, 0.25) is 0 Å². The third-order valence-electron chi connectivity index (χ3n) is 6.41. The molecule has 32 heavy (non-hydrogen) atoms. The van der Waals surface area contributed by atoms with Gasteiger partial charge in [-0.15, -0.1) is 6.42 Å². The summed E-state index contributed by atoms with van der Waals surface area (Å²) in [4.78, 5) is 0. The molecule has 0 radical (unpaired) electrons. The molecule has 0 aliphatic heterocycles. The molecule has 0 heteroatoms. The number of hydrogen-bond acceptors (Lipinski definition) is 0. The molecule has 0 atom stereocenters. The summed E-state index contributed by atoms with van der Waals surface area (Å²) in [5.74, 6) is 2.57. The Hall–Kier alpha value is -4.08. The van der Waals surface area contributed by atoms with Crippen LogP contribution in [0.3, 0.4) is 0 Å². The van der Waals surface area contributed by atoms with Crippen molar-refractivity contribution in [2.45, 2.75) is 11.8 Å². The van der Waals surface area contributed by atoms with E-state index in [1.807, 2.05) is 6.08 Å². The van der Waals surface area contributed by atoms with Gasteiger partial charge in [-0.1, -0.05) is 127 Å². The summed E-state index contributed by atoms with van der Waals surface area (Å²) in [6, 6.07) is 37.4. The lowest BCUT2D eigenvalue weighted by molar-refractivity contribution is 0.632. The molecule has 1 aliphatic rings. The van der Waals surface area contributed by atoms with Crippen molar-refractivity contribution in [2.75, 3.05) is 0 Å². The van der Waals surface area contributed by atoms with Gasteiger partial charge in [-0.2, -0.15) is 0 Å². The average Bonchev–Trinajstić information content (AvgIpc) is 2.97. The Morgan fingerprint density at radius 2 is 1.09 bits per heavy atom. The van der Waals surface area contributed by atoms with Crippen molar-refractivity contribution in [3.63, 3.8) is 0 Å². The molecular formula is C32H24. The third-order valence-corrected chi connectivity index (χ3v) is 6.41. The average molecular weight is 409 g/mol. The fourth-order valence-corrected chi connectivity index (χ4v) is 5.08. The first kappa shape index (κ1) is 19.9. The van der Waals surface area contributed by atoms with Gasteiger partial charge in [0.15, 0.2) is 0 Å². The number of benzene rings is 4. The predicted molar refractivity (Wildman–Crippen MR) is 135 cm³/mol. The Kier molecular flexibility index (Phi) is 5.32. The van der Waals surface area contributed by atoms with Crippen molar-refractivity contribution in [1.82, 2.24) is 0 Å². The molecule has 4 aromatic carbocycles. The van der Waals surface area contributed by atoms with Crippen LogP contribution < -0.4 is 0 Å². The highest BCUT2D eigenvalue weighted by Gasteiger charge is 2.40. The van der Waals surface area contributed by atoms with E-state index < -0.39 is 0 Å². The maximum absolute atomic E-state index is 5.40. The molecular weight excluding hydrogens is 384 g/mol. The van der Waals surface area contributed by atoms with Crippen LogP contribution in [0.4, 0.5) is 0 Å². The Bertz CT molecular complexity index is 1280. The second-order valence-electron chi connectivity index (χ2n) is 8.07. The predicted octanol–water partition coefficient (Wildman–Crippen LogP) is 7.80. The van der Waals surface area contributed by atoms with Crippen molar-refractivity contribution >= 4 is 0 Å². The standard InChI is InChI=1S/C32H24/c1-2-3-4-5-15-24-32(25-16-7-6-8-17-25)30-22-13-11-20-28(30)26-18-9-10-19-27(26)29-21-12-14-23-31(29)32/h1,3-23H,24H2/b4-3-,15-5-. The normalized spacial score (nSPS) is 13.7. The molecule has 0 aromatic heterocycles. The van der Waals surface area contributed by atoms with E-state index in [0.717, 1.165) is 6.42 Å². The highest BCUT2D eigenvalue weighted by atomic mass is 14.4. The van der Waals surface area contributed by atoms with E-state index in [9.17, 15) is 0 Å². The minimum Gasteiger partial charge on any atom is -0.115 e. The summed E-state index contributed by atoms with van der Waals surface area (Å²) >= 11 is 0. The first-order valence-electron chi connectivity index (χ1n) is 11.0. The fraction of sp³-hybridized carbons (Fsp3) is 0.0625.